The first kappa shape index (κ1) is 60.6. The molecule has 0 saturated carbocycles. The summed E-state index contributed by atoms with van der Waals surface area (Å²) in [6.45, 7) is 16.2. The van der Waals surface area contributed by atoms with Crippen molar-refractivity contribution < 1.29 is 28.8 Å². The van der Waals surface area contributed by atoms with Crippen molar-refractivity contribution in [2.24, 2.45) is 0 Å². The van der Waals surface area contributed by atoms with Gasteiger partial charge < -0.3 is 37.2 Å². The van der Waals surface area contributed by atoms with Crippen LogP contribution in [0.25, 0.3) is 0 Å². The maximum Gasteiger partial charge on any atom is 0.251 e. The van der Waals surface area contributed by atoms with E-state index in [1.165, 1.54) is 0 Å². The predicted molar refractivity (Wildman–Crippen MR) is 318 cm³/mol. The predicted octanol–water partition coefficient (Wildman–Crippen LogP) is 7.60. The SMILES string of the molecule is C[C@H](NC(=O)CN1CCNCCN(CC(=O)N[C@@H](C)c2ccc(C(=O)N[C@@H](C)c3ccccc3)cc2)CCN(CC(=O)N[C@@H](C)c2ccc(C(=O)N[C@@H](C)c3ccccc3)cc2)CC1)c1ccc(C(=O)N[C@@H](C)c2ccccc2)cc1. The van der Waals surface area contributed by atoms with Crippen LogP contribution in [0.5, 0.6) is 0 Å². The van der Waals surface area contributed by atoms with Crippen molar-refractivity contribution in [1.29, 1.82) is 0 Å². The number of amides is 6. The Morgan fingerprint density at radius 1 is 0.321 bits per heavy atom. The van der Waals surface area contributed by atoms with Crippen LogP contribution in [0.1, 0.15) is 142 Å². The number of benzene rings is 6. The maximum absolute atomic E-state index is 13.9. The third-order valence-corrected chi connectivity index (χ3v) is 14.9. The van der Waals surface area contributed by atoms with Crippen molar-refractivity contribution in [3.63, 3.8) is 0 Å². The molecule has 16 nitrogen and oxygen atoms in total. The molecule has 81 heavy (non-hydrogen) atoms. The Hall–Kier alpha value is -8.02. The molecule has 1 heterocycles. The van der Waals surface area contributed by atoms with Crippen molar-refractivity contribution in [3.8, 4) is 0 Å². The average Bonchev–Trinajstić information content (AvgIpc) is 3.48. The van der Waals surface area contributed by atoms with Gasteiger partial charge in [0.25, 0.3) is 17.7 Å². The summed E-state index contributed by atoms with van der Waals surface area (Å²) in [6, 6.07) is 49.7. The van der Waals surface area contributed by atoms with E-state index in [9.17, 15) is 28.8 Å². The normalized spacial score (nSPS) is 16.1. The summed E-state index contributed by atoms with van der Waals surface area (Å²) >= 11 is 0. The van der Waals surface area contributed by atoms with Gasteiger partial charge in [0.1, 0.15) is 0 Å². The summed E-state index contributed by atoms with van der Waals surface area (Å²) in [7, 11) is 0. The number of nitrogens with one attached hydrogen (secondary N) is 7. The van der Waals surface area contributed by atoms with Gasteiger partial charge in [-0.1, -0.05) is 127 Å². The number of hydrogen-bond acceptors (Lipinski definition) is 10. The summed E-state index contributed by atoms with van der Waals surface area (Å²) in [4.78, 5) is 86.9. The Bertz CT molecular complexity index is 2830. The summed E-state index contributed by atoms with van der Waals surface area (Å²) in [6.07, 6.45) is 0. The lowest BCUT2D eigenvalue weighted by Gasteiger charge is -2.31. The summed E-state index contributed by atoms with van der Waals surface area (Å²) < 4.78 is 0. The minimum atomic E-state index is -0.353. The molecule has 0 unspecified atom stereocenters. The molecule has 6 atom stereocenters. The lowest BCUT2D eigenvalue weighted by molar-refractivity contribution is -0.125. The molecule has 426 valence electrons. The van der Waals surface area contributed by atoms with E-state index >= 15 is 0 Å². The first-order chi connectivity index (χ1) is 39.1. The van der Waals surface area contributed by atoms with Gasteiger partial charge in [-0.25, -0.2) is 0 Å². The highest BCUT2D eigenvalue weighted by atomic mass is 16.2. The van der Waals surface area contributed by atoms with Crippen molar-refractivity contribution in [1.82, 2.24) is 51.9 Å². The Balaban J connectivity index is 0.952. The lowest BCUT2D eigenvalue weighted by Crippen LogP contribution is -2.50. The van der Waals surface area contributed by atoms with Crippen LogP contribution in [0.2, 0.25) is 0 Å². The van der Waals surface area contributed by atoms with Crippen LogP contribution in [0, 0.1) is 0 Å². The number of carbonyl (C=O) groups is 6. The Morgan fingerprint density at radius 2 is 0.543 bits per heavy atom. The Labute approximate surface area is 477 Å². The van der Waals surface area contributed by atoms with E-state index in [0.717, 1.165) is 33.4 Å². The van der Waals surface area contributed by atoms with Crippen molar-refractivity contribution in [3.05, 3.63) is 214 Å². The Morgan fingerprint density at radius 3 is 0.802 bits per heavy atom. The molecule has 6 aromatic rings. The molecule has 7 rings (SSSR count). The van der Waals surface area contributed by atoms with Gasteiger partial charge in [-0.2, -0.15) is 0 Å². The number of rotatable bonds is 21. The van der Waals surface area contributed by atoms with E-state index in [1.807, 2.05) is 169 Å². The molecule has 0 aliphatic carbocycles. The highest BCUT2D eigenvalue weighted by molar-refractivity contribution is 5.95. The van der Waals surface area contributed by atoms with Gasteiger partial charge in [0, 0.05) is 69.0 Å². The van der Waals surface area contributed by atoms with Crippen LogP contribution in [0.3, 0.4) is 0 Å². The second-order valence-corrected chi connectivity index (χ2v) is 21.1. The molecule has 0 spiro atoms. The van der Waals surface area contributed by atoms with Crippen molar-refractivity contribution in [2.45, 2.75) is 77.8 Å². The maximum atomic E-state index is 13.9. The molecule has 6 aromatic carbocycles. The fraction of sp³-hybridized carbons (Fsp3) is 0.354. The van der Waals surface area contributed by atoms with E-state index in [4.69, 9.17) is 0 Å². The number of carbonyl (C=O) groups excluding carboxylic acids is 6. The van der Waals surface area contributed by atoms with Gasteiger partial charge in [0.15, 0.2) is 0 Å². The highest BCUT2D eigenvalue weighted by Gasteiger charge is 2.23. The zero-order chi connectivity index (χ0) is 57.7. The molecule has 0 aromatic heterocycles. The average molecular weight is 1100 g/mol. The first-order valence-corrected chi connectivity index (χ1v) is 28.2. The summed E-state index contributed by atoms with van der Waals surface area (Å²) in [5.41, 5.74) is 7.19. The van der Waals surface area contributed by atoms with E-state index in [2.05, 4.69) is 51.9 Å². The van der Waals surface area contributed by atoms with Crippen LogP contribution in [0.15, 0.2) is 164 Å². The monoisotopic (exact) mass is 1100 g/mol. The Kier molecular flexibility index (Phi) is 22.9. The van der Waals surface area contributed by atoms with Gasteiger partial charge in [-0.3, -0.25) is 43.5 Å². The third kappa shape index (κ3) is 19.1. The molecule has 1 saturated heterocycles. The van der Waals surface area contributed by atoms with Crippen LogP contribution < -0.4 is 37.2 Å². The fourth-order valence-corrected chi connectivity index (χ4v) is 9.78. The first-order valence-electron chi connectivity index (χ1n) is 28.2. The molecule has 0 bridgehead atoms. The van der Waals surface area contributed by atoms with Crippen LogP contribution in [-0.2, 0) is 14.4 Å². The quantitative estimate of drug-likeness (QED) is 0.0377. The molecule has 7 N–H and O–H groups in total. The topological polar surface area (TPSA) is 196 Å². The highest BCUT2D eigenvalue weighted by Crippen LogP contribution is 2.20. The fourth-order valence-electron chi connectivity index (χ4n) is 9.78. The molecule has 16 heteroatoms. The molecule has 0 radical (unpaired) electrons. The van der Waals surface area contributed by atoms with E-state index in [1.54, 1.807) is 36.4 Å². The van der Waals surface area contributed by atoms with Gasteiger partial charge >= 0.3 is 0 Å². The smallest absolute Gasteiger partial charge is 0.251 e. The van der Waals surface area contributed by atoms with E-state index < -0.39 is 0 Å². The zero-order valence-corrected chi connectivity index (χ0v) is 47.6. The number of nitrogens with zero attached hydrogens (tertiary/aromatic N) is 3. The van der Waals surface area contributed by atoms with Gasteiger partial charge in [-0.15, -0.1) is 0 Å². The zero-order valence-electron chi connectivity index (χ0n) is 47.6. The molecular formula is C65H80N10O6. The largest absolute Gasteiger partial charge is 0.348 e. The van der Waals surface area contributed by atoms with E-state index in [-0.39, 0.29) is 91.3 Å². The third-order valence-electron chi connectivity index (χ3n) is 14.9. The van der Waals surface area contributed by atoms with Gasteiger partial charge in [-0.05, 0) is 111 Å². The lowest BCUT2D eigenvalue weighted by atomic mass is 10.0. The number of hydrogen-bond donors (Lipinski definition) is 7. The summed E-state index contributed by atoms with van der Waals surface area (Å²) in [5.74, 6) is -1.03. The molecular weight excluding hydrogens is 1020 g/mol. The van der Waals surface area contributed by atoms with E-state index in [0.29, 0.717) is 69.0 Å². The second kappa shape index (κ2) is 30.5. The second-order valence-electron chi connectivity index (χ2n) is 21.1. The van der Waals surface area contributed by atoms with Crippen LogP contribution in [-0.4, -0.2) is 122 Å². The molecule has 1 aliphatic rings. The minimum absolute atomic E-state index is 0.0764. The van der Waals surface area contributed by atoms with Crippen LogP contribution in [0.4, 0.5) is 0 Å². The standard InChI is InChI=1S/C65H80N10O6/c1-45(54-22-28-57(29-23-54)63(79)70-48(4)51-16-10-7-11-17-51)67-60(76)42-73-36-34-66-35-37-74(43-61(77)68-46(2)55-24-30-58(31-25-55)64(80)71-49(5)52-18-12-8-13-19-52)39-41-75(40-38-73)44-62(78)69-47(3)56-26-32-59(33-27-56)65(81)72-50(6)53-20-14-9-15-21-53/h7-33,45-50,66H,34-44H2,1-6H3,(H,67,76)(H,68,77)(H,69,78)(H,70,79)(H,71,80)(H,72,81)/t45-,46-,47-,48-,49-,50-/m0/s1. The van der Waals surface area contributed by atoms with Crippen LogP contribution >= 0.6 is 0 Å². The van der Waals surface area contributed by atoms with Gasteiger partial charge in [0.2, 0.25) is 17.7 Å². The van der Waals surface area contributed by atoms with Gasteiger partial charge in [0.05, 0.1) is 55.9 Å². The molecule has 1 aliphatic heterocycles. The van der Waals surface area contributed by atoms with Crippen molar-refractivity contribution in [2.75, 3.05) is 72.0 Å². The van der Waals surface area contributed by atoms with Crippen molar-refractivity contribution >= 4 is 35.4 Å². The minimum Gasteiger partial charge on any atom is -0.348 e. The summed E-state index contributed by atoms with van der Waals surface area (Å²) in [5, 5.41) is 22.1. The molecule has 1 fully saturated rings. The molecule has 6 amide bonds.